The first-order chi connectivity index (χ1) is 7.63. The van der Waals surface area contributed by atoms with Crippen LogP contribution < -0.4 is 5.32 Å². The van der Waals surface area contributed by atoms with E-state index in [1.807, 2.05) is 0 Å². The number of nitrogens with one attached hydrogen (secondary N) is 1. The standard InChI is InChI=1S/C14H31NO.H2/c1-13(2)8-5-6-10-16-11-7-9-15-12-14(3)4;/h13-15H,5-12H2,1-4H3;1H. The summed E-state index contributed by atoms with van der Waals surface area (Å²) in [5.74, 6) is 1.58. The summed E-state index contributed by atoms with van der Waals surface area (Å²) in [6, 6.07) is 0. The topological polar surface area (TPSA) is 21.3 Å². The molecule has 1 N–H and O–H groups in total. The molecule has 0 unspecified atom stereocenters. The van der Waals surface area contributed by atoms with Gasteiger partial charge in [0.25, 0.3) is 0 Å². The van der Waals surface area contributed by atoms with Crippen LogP contribution in [0.2, 0.25) is 0 Å². The molecule has 0 aromatic rings. The monoisotopic (exact) mass is 231 g/mol. The Labute approximate surface area is 104 Å². The Balaban J connectivity index is 0. The minimum Gasteiger partial charge on any atom is -0.381 e. The molecule has 0 bridgehead atoms. The molecule has 0 aromatic carbocycles. The zero-order valence-electron chi connectivity index (χ0n) is 11.7. The van der Waals surface area contributed by atoms with Crippen LogP contribution in [0.1, 0.15) is 54.8 Å². The van der Waals surface area contributed by atoms with Crippen LogP contribution in [0.25, 0.3) is 0 Å². The molecule has 2 nitrogen and oxygen atoms in total. The minimum atomic E-state index is 0. The first-order valence-corrected chi connectivity index (χ1v) is 6.91. The van der Waals surface area contributed by atoms with Crippen LogP contribution in [0.3, 0.4) is 0 Å². The molecule has 0 spiro atoms. The highest BCUT2D eigenvalue weighted by molar-refractivity contribution is 4.51. The molecule has 0 aliphatic heterocycles. The molecule has 2 heteroatoms. The van der Waals surface area contributed by atoms with E-state index in [1.54, 1.807) is 0 Å². The molecule has 100 valence electrons. The van der Waals surface area contributed by atoms with E-state index in [1.165, 1.54) is 19.3 Å². The first-order valence-electron chi connectivity index (χ1n) is 6.91. The molecular weight excluding hydrogens is 198 g/mol. The summed E-state index contributed by atoms with van der Waals surface area (Å²) in [4.78, 5) is 0. The summed E-state index contributed by atoms with van der Waals surface area (Å²) in [5, 5.41) is 3.42. The van der Waals surface area contributed by atoms with Crippen LogP contribution in [0.5, 0.6) is 0 Å². The van der Waals surface area contributed by atoms with Gasteiger partial charge < -0.3 is 10.1 Å². The van der Waals surface area contributed by atoms with Gasteiger partial charge in [-0.05, 0) is 37.8 Å². The van der Waals surface area contributed by atoms with Crippen molar-refractivity contribution in [3.05, 3.63) is 0 Å². The van der Waals surface area contributed by atoms with Crippen molar-refractivity contribution in [2.75, 3.05) is 26.3 Å². The highest BCUT2D eigenvalue weighted by Gasteiger charge is 1.95. The van der Waals surface area contributed by atoms with Gasteiger partial charge >= 0.3 is 0 Å². The molecular formula is C14H33NO. The van der Waals surface area contributed by atoms with Gasteiger partial charge in [0.2, 0.25) is 0 Å². The van der Waals surface area contributed by atoms with Gasteiger partial charge in [-0.2, -0.15) is 0 Å². The highest BCUT2D eigenvalue weighted by atomic mass is 16.5. The van der Waals surface area contributed by atoms with E-state index in [0.29, 0.717) is 0 Å². The van der Waals surface area contributed by atoms with E-state index in [4.69, 9.17) is 4.74 Å². The van der Waals surface area contributed by atoms with Crippen molar-refractivity contribution < 1.29 is 6.16 Å². The fourth-order valence-corrected chi connectivity index (χ4v) is 1.55. The van der Waals surface area contributed by atoms with Crippen molar-refractivity contribution in [1.82, 2.24) is 5.32 Å². The van der Waals surface area contributed by atoms with Crippen molar-refractivity contribution >= 4 is 0 Å². The molecule has 0 radical (unpaired) electrons. The van der Waals surface area contributed by atoms with Crippen molar-refractivity contribution in [3.8, 4) is 0 Å². The summed E-state index contributed by atoms with van der Waals surface area (Å²) in [7, 11) is 0. The lowest BCUT2D eigenvalue weighted by atomic mass is 10.1. The van der Waals surface area contributed by atoms with Crippen molar-refractivity contribution in [2.45, 2.75) is 53.4 Å². The normalized spacial score (nSPS) is 11.6. The number of rotatable bonds is 11. The Morgan fingerprint density at radius 3 is 2.25 bits per heavy atom. The highest BCUT2D eigenvalue weighted by Crippen LogP contribution is 2.05. The lowest BCUT2D eigenvalue weighted by Gasteiger charge is -2.08. The number of hydrogen-bond acceptors (Lipinski definition) is 2. The largest absolute Gasteiger partial charge is 0.381 e. The molecule has 0 aliphatic rings. The molecule has 0 aliphatic carbocycles. The molecule has 0 rings (SSSR count). The van der Waals surface area contributed by atoms with Crippen molar-refractivity contribution in [1.29, 1.82) is 0 Å². The molecule has 0 heterocycles. The van der Waals surface area contributed by atoms with Gasteiger partial charge in [0, 0.05) is 14.6 Å². The Morgan fingerprint density at radius 1 is 0.938 bits per heavy atom. The van der Waals surface area contributed by atoms with Crippen molar-refractivity contribution in [3.63, 3.8) is 0 Å². The zero-order valence-corrected chi connectivity index (χ0v) is 11.7. The Morgan fingerprint density at radius 2 is 1.62 bits per heavy atom. The third-order valence-electron chi connectivity index (χ3n) is 2.51. The van der Waals surface area contributed by atoms with Gasteiger partial charge in [-0.3, -0.25) is 0 Å². The summed E-state index contributed by atoms with van der Waals surface area (Å²) >= 11 is 0. The molecule has 0 saturated heterocycles. The lowest BCUT2D eigenvalue weighted by Crippen LogP contribution is -2.21. The second-order valence-electron chi connectivity index (χ2n) is 5.45. The van der Waals surface area contributed by atoms with E-state index in [9.17, 15) is 0 Å². The second kappa shape index (κ2) is 11.4. The molecule has 0 aromatic heterocycles. The van der Waals surface area contributed by atoms with E-state index < -0.39 is 0 Å². The predicted molar refractivity (Wildman–Crippen MR) is 73.9 cm³/mol. The van der Waals surface area contributed by atoms with Crippen LogP contribution in [-0.2, 0) is 4.74 Å². The summed E-state index contributed by atoms with van der Waals surface area (Å²) in [5.41, 5.74) is 0. The summed E-state index contributed by atoms with van der Waals surface area (Å²) < 4.78 is 5.58. The van der Waals surface area contributed by atoms with E-state index in [2.05, 4.69) is 33.0 Å². The van der Waals surface area contributed by atoms with E-state index >= 15 is 0 Å². The molecule has 0 atom stereocenters. The minimum absolute atomic E-state index is 0. The number of unbranched alkanes of at least 4 members (excludes halogenated alkanes) is 1. The molecule has 16 heavy (non-hydrogen) atoms. The van der Waals surface area contributed by atoms with Gasteiger partial charge in [-0.1, -0.05) is 40.5 Å². The van der Waals surface area contributed by atoms with Gasteiger partial charge in [0.15, 0.2) is 0 Å². The van der Waals surface area contributed by atoms with Crippen LogP contribution in [0.15, 0.2) is 0 Å². The molecule has 0 amide bonds. The van der Waals surface area contributed by atoms with E-state index in [-0.39, 0.29) is 1.43 Å². The van der Waals surface area contributed by atoms with Gasteiger partial charge in [-0.25, -0.2) is 0 Å². The van der Waals surface area contributed by atoms with Crippen LogP contribution in [0, 0.1) is 11.8 Å². The van der Waals surface area contributed by atoms with Gasteiger partial charge in [0.05, 0.1) is 0 Å². The van der Waals surface area contributed by atoms with Crippen LogP contribution in [-0.4, -0.2) is 26.3 Å². The maximum atomic E-state index is 5.58. The van der Waals surface area contributed by atoms with Gasteiger partial charge in [0.1, 0.15) is 0 Å². The average molecular weight is 231 g/mol. The maximum absolute atomic E-state index is 5.58. The summed E-state index contributed by atoms with van der Waals surface area (Å²) in [6.07, 6.45) is 5.00. The maximum Gasteiger partial charge on any atom is 0.0478 e. The third kappa shape index (κ3) is 13.9. The average Bonchev–Trinajstić information content (AvgIpc) is 2.20. The second-order valence-corrected chi connectivity index (χ2v) is 5.45. The lowest BCUT2D eigenvalue weighted by molar-refractivity contribution is 0.126. The van der Waals surface area contributed by atoms with Crippen LogP contribution in [0.4, 0.5) is 0 Å². The Kier molecular flexibility index (Phi) is 11.3. The van der Waals surface area contributed by atoms with Crippen LogP contribution >= 0.6 is 0 Å². The first kappa shape index (κ1) is 15.9. The SMILES string of the molecule is CC(C)CCCCOCCCNCC(C)C.[HH]. The number of hydrogen-bond donors (Lipinski definition) is 1. The predicted octanol–water partition coefficient (Wildman–Crippen LogP) is 3.71. The summed E-state index contributed by atoms with van der Waals surface area (Å²) in [6.45, 7) is 13.1. The third-order valence-corrected chi connectivity index (χ3v) is 2.51. The number of ether oxygens (including phenoxy) is 1. The Bertz CT molecular complexity index is 124. The van der Waals surface area contributed by atoms with Gasteiger partial charge in [-0.15, -0.1) is 0 Å². The Hall–Kier alpha value is -0.0800. The van der Waals surface area contributed by atoms with E-state index in [0.717, 1.165) is 44.6 Å². The molecule has 0 saturated carbocycles. The zero-order chi connectivity index (χ0) is 12.2. The van der Waals surface area contributed by atoms with Crippen molar-refractivity contribution in [2.24, 2.45) is 11.8 Å². The fraction of sp³-hybridized carbons (Fsp3) is 1.00. The molecule has 0 fully saturated rings. The fourth-order valence-electron chi connectivity index (χ4n) is 1.55. The quantitative estimate of drug-likeness (QED) is 0.547. The smallest absolute Gasteiger partial charge is 0.0478 e.